The van der Waals surface area contributed by atoms with E-state index in [-0.39, 0.29) is 0 Å². The van der Waals surface area contributed by atoms with Crippen LogP contribution in [0.5, 0.6) is 0 Å². The molecule has 1 fully saturated rings. The summed E-state index contributed by atoms with van der Waals surface area (Å²) in [5.74, 6) is 3.82. The average Bonchev–Trinajstić information content (AvgIpc) is 2.37. The molecule has 6 heteroatoms. The normalized spacial score (nSPS) is 16.6. The van der Waals surface area contributed by atoms with Crippen LogP contribution < -0.4 is 10.6 Å². The van der Waals surface area contributed by atoms with Gasteiger partial charge in [-0.15, -0.1) is 0 Å². The number of anilines is 2. The fourth-order valence-electron chi connectivity index (χ4n) is 1.89. The first-order chi connectivity index (χ1) is 8.70. The summed E-state index contributed by atoms with van der Waals surface area (Å²) in [6.45, 7) is 2.80. The van der Waals surface area contributed by atoms with Crippen molar-refractivity contribution in [2.75, 3.05) is 28.7 Å². The summed E-state index contributed by atoms with van der Waals surface area (Å²) in [6, 6.07) is 2.21. The van der Waals surface area contributed by atoms with Crippen molar-refractivity contribution in [3.63, 3.8) is 0 Å². The van der Waals surface area contributed by atoms with Gasteiger partial charge in [0.1, 0.15) is 11.6 Å². The molecule has 0 bridgehead atoms. The molecule has 0 amide bonds. The van der Waals surface area contributed by atoms with E-state index in [9.17, 15) is 0 Å². The van der Waals surface area contributed by atoms with Gasteiger partial charge in [-0.05, 0) is 37.3 Å². The zero-order valence-electron chi connectivity index (χ0n) is 10.3. The van der Waals surface area contributed by atoms with E-state index in [1.54, 1.807) is 6.07 Å². The molecule has 0 aromatic carbocycles. The Morgan fingerprint density at radius 1 is 1.28 bits per heavy atom. The van der Waals surface area contributed by atoms with Gasteiger partial charge in [0.2, 0.25) is 0 Å². The number of pyridine rings is 1. The van der Waals surface area contributed by atoms with Crippen LogP contribution >= 0.6 is 35.0 Å². The van der Waals surface area contributed by atoms with Crippen molar-refractivity contribution in [1.29, 1.82) is 0 Å². The minimum atomic E-state index is 0.465. The number of nitrogens with one attached hydrogen (secondary N) is 2. The van der Waals surface area contributed by atoms with Gasteiger partial charge < -0.3 is 10.6 Å². The van der Waals surface area contributed by atoms with Crippen molar-refractivity contribution >= 4 is 46.6 Å². The molecule has 0 unspecified atom stereocenters. The number of nitrogens with zero attached hydrogens (tertiary/aromatic N) is 1. The largest absolute Gasteiger partial charge is 0.369 e. The van der Waals surface area contributed by atoms with E-state index >= 15 is 0 Å². The summed E-state index contributed by atoms with van der Waals surface area (Å²) in [6.07, 6.45) is 2.31. The minimum absolute atomic E-state index is 0.465. The third-order valence-corrected chi connectivity index (χ3v) is 4.46. The zero-order valence-corrected chi connectivity index (χ0v) is 12.6. The van der Waals surface area contributed by atoms with E-state index in [0.29, 0.717) is 21.9 Å². The molecule has 1 aliphatic rings. The van der Waals surface area contributed by atoms with Gasteiger partial charge in [0, 0.05) is 12.6 Å². The Balaban J connectivity index is 2.12. The Bertz CT molecular complexity index is 409. The lowest BCUT2D eigenvalue weighted by atomic mass is 10.1. The second-order valence-corrected chi connectivity index (χ2v) is 6.25. The fraction of sp³-hybridized carbons (Fsp3) is 0.583. The smallest absolute Gasteiger partial charge is 0.147 e. The van der Waals surface area contributed by atoms with Crippen LogP contribution in [0.1, 0.15) is 19.8 Å². The highest BCUT2D eigenvalue weighted by atomic mass is 35.5. The molecular weight excluding hydrogens is 289 g/mol. The summed E-state index contributed by atoms with van der Waals surface area (Å²) < 4.78 is 0. The molecule has 2 heterocycles. The maximum atomic E-state index is 6.18. The molecule has 0 spiro atoms. The quantitative estimate of drug-likeness (QED) is 0.877. The number of hydrogen-bond donors (Lipinski definition) is 2. The van der Waals surface area contributed by atoms with Crippen molar-refractivity contribution in [3.8, 4) is 0 Å². The van der Waals surface area contributed by atoms with Gasteiger partial charge >= 0.3 is 0 Å². The summed E-state index contributed by atoms with van der Waals surface area (Å²) in [5.41, 5.74) is 0. The van der Waals surface area contributed by atoms with Crippen LogP contribution in [0.2, 0.25) is 10.0 Å². The van der Waals surface area contributed by atoms with Crippen molar-refractivity contribution in [1.82, 2.24) is 4.98 Å². The third kappa shape index (κ3) is 3.59. The van der Waals surface area contributed by atoms with E-state index in [1.807, 2.05) is 18.7 Å². The first-order valence-electron chi connectivity index (χ1n) is 6.15. The lowest BCUT2D eigenvalue weighted by Gasteiger charge is -2.24. The third-order valence-electron chi connectivity index (χ3n) is 2.84. The van der Waals surface area contributed by atoms with Gasteiger partial charge in [0.25, 0.3) is 0 Å². The first-order valence-corrected chi connectivity index (χ1v) is 8.06. The van der Waals surface area contributed by atoms with Gasteiger partial charge in [-0.1, -0.05) is 23.2 Å². The highest BCUT2D eigenvalue weighted by Crippen LogP contribution is 2.30. The van der Waals surface area contributed by atoms with Gasteiger partial charge in [-0.3, -0.25) is 0 Å². The van der Waals surface area contributed by atoms with Crippen LogP contribution in [0.3, 0.4) is 0 Å². The molecule has 0 saturated carbocycles. The SMILES string of the molecule is CCNc1nc(NC2CCSCC2)c(Cl)cc1Cl. The predicted octanol–water partition coefficient (Wildman–Crippen LogP) is 4.13. The van der Waals surface area contributed by atoms with E-state index in [2.05, 4.69) is 15.6 Å². The summed E-state index contributed by atoms with van der Waals surface area (Å²) >= 11 is 14.3. The van der Waals surface area contributed by atoms with Gasteiger partial charge in [-0.25, -0.2) is 4.98 Å². The highest BCUT2D eigenvalue weighted by Gasteiger charge is 2.16. The molecule has 1 saturated heterocycles. The maximum Gasteiger partial charge on any atom is 0.147 e. The van der Waals surface area contributed by atoms with Gasteiger partial charge in [0.15, 0.2) is 0 Å². The van der Waals surface area contributed by atoms with E-state index in [0.717, 1.165) is 25.2 Å². The van der Waals surface area contributed by atoms with Crippen LogP contribution in [0.25, 0.3) is 0 Å². The molecule has 100 valence electrons. The minimum Gasteiger partial charge on any atom is -0.369 e. The number of thioether (sulfide) groups is 1. The zero-order chi connectivity index (χ0) is 13.0. The van der Waals surface area contributed by atoms with Gasteiger partial charge in [0.05, 0.1) is 10.0 Å². The summed E-state index contributed by atoms with van der Waals surface area (Å²) in [5, 5.41) is 7.70. The molecule has 18 heavy (non-hydrogen) atoms. The van der Waals surface area contributed by atoms with E-state index in [1.165, 1.54) is 11.5 Å². The Morgan fingerprint density at radius 3 is 2.61 bits per heavy atom. The molecule has 2 rings (SSSR count). The van der Waals surface area contributed by atoms with E-state index in [4.69, 9.17) is 23.2 Å². The first kappa shape index (κ1) is 14.1. The Kier molecular flexibility index (Phi) is 5.27. The fourth-order valence-corrected chi connectivity index (χ4v) is 3.48. The van der Waals surface area contributed by atoms with Crippen molar-refractivity contribution in [2.45, 2.75) is 25.8 Å². The van der Waals surface area contributed by atoms with Crippen LogP contribution in [0.4, 0.5) is 11.6 Å². The van der Waals surface area contributed by atoms with Gasteiger partial charge in [-0.2, -0.15) is 11.8 Å². The molecule has 0 radical (unpaired) electrons. The Labute approximate surface area is 122 Å². The summed E-state index contributed by atoms with van der Waals surface area (Å²) in [7, 11) is 0. The Morgan fingerprint density at radius 2 is 1.94 bits per heavy atom. The Hall–Kier alpha value is -0.320. The second-order valence-electron chi connectivity index (χ2n) is 4.21. The average molecular weight is 306 g/mol. The molecular formula is C12H17Cl2N3S. The number of rotatable bonds is 4. The second kappa shape index (κ2) is 6.73. The standard InChI is InChI=1S/C12H17Cl2N3S/c1-2-15-11-9(13)7-10(14)12(17-11)16-8-3-5-18-6-4-8/h7-8H,2-6H2,1H3,(H2,15,16,17). The molecule has 1 aromatic heterocycles. The maximum absolute atomic E-state index is 6.18. The summed E-state index contributed by atoms with van der Waals surface area (Å²) in [4.78, 5) is 4.46. The highest BCUT2D eigenvalue weighted by molar-refractivity contribution is 7.99. The lowest BCUT2D eigenvalue weighted by Crippen LogP contribution is -2.25. The molecule has 3 nitrogen and oxygen atoms in total. The van der Waals surface area contributed by atoms with E-state index < -0.39 is 0 Å². The van der Waals surface area contributed by atoms with Crippen LogP contribution in [-0.4, -0.2) is 29.1 Å². The van der Waals surface area contributed by atoms with Crippen LogP contribution in [-0.2, 0) is 0 Å². The molecule has 1 aliphatic heterocycles. The number of halogens is 2. The molecule has 1 aromatic rings. The van der Waals surface area contributed by atoms with Crippen LogP contribution in [0, 0.1) is 0 Å². The topological polar surface area (TPSA) is 37.0 Å². The monoisotopic (exact) mass is 305 g/mol. The van der Waals surface area contributed by atoms with Crippen molar-refractivity contribution in [3.05, 3.63) is 16.1 Å². The molecule has 0 atom stereocenters. The van der Waals surface area contributed by atoms with Crippen molar-refractivity contribution < 1.29 is 0 Å². The molecule has 0 aliphatic carbocycles. The number of aromatic nitrogens is 1. The lowest BCUT2D eigenvalue weighted by molar-refractivity contribution is 0.664. The van der Waals surface area contributed by atoms with Crippen LogP contribution in [0.15, 0.2) is 6.07 Å². The van der Waals surface area contributed by atoms with Crippen molar-refractivity contribution in [2.24, 2.45) is 0 Å². The predicted molar refractivity (Wildman–Crippen MR) is 82.4 cm³/mol. The molecule has 2 N–H and O–H groups in total. The number of hydrogen-bond acceptors (Lipinski definition) is 4.